The summed E-state index contributed by atoms with van der Waals surface area (Å²) in [5, 5.41) is 0. The average Bonchev–Trinajstić information content (AvgIpc) is 2.52. The molecule has 0 bridgehead atoms. The molecule has 1 aromatic rings. The highest BCUT2D eigenvalue weighted by Crippen LogP contribution is 2.28. The first-order valence-electron chi connectivity index (χ1n) is 7.39. The van der Waals surface area contributed by atoms with Gasteiger partial charge in [-0.1, -0.05) is 12.1 Å². The molecule has 0 radical (unpaired) electrons. The summed E-state index contributed by atoms with van der Waals surface area (Å²) in [4.78, 5) is 16.2. The molecule has 0 atom stereocenters. The van der Waals surface area contributed by atoms with Crippen LogP contribution in [-0.2, 0) is 9.53 Å². The van der Waals surface area contributed by atoms with Gasteiger partial charge in [0.1, 0.15) is 12.4 Å². The number of benzene rings is 1. The molecule has 1 aliphatic heterocycles. The maximum absolute atomic E-state index is 12.0. The van der Waals surface area contributed by atoms with E-state index in [2.05, 4.69) is 11.0 Å². The van der Waals surface area contributed by atoms with Crippen LogP contribution in [0.1, 0.15) is 13.8 Å². The summed E-state index contributed by atoms with van der Waals surface area (Å²) in [6, 6.07) is 7.98. The monoisotopic (exact) mass is 292 g/mol. The summed E-state index contributed by atoms with van der Waals surface area (Å²) in [5.41, 5.74) is 1.09. The number of para-hydroxylation sites is 2. The van der Waals surface area contributed by atoms with Crippen LogP contribution in [0.2, 0.25) is 0 Å². The molecular weight excluding hydrogens is 268 g/mol. The number of rotatable bonds is 5. The molecule has 5 nitrogen and oxygen atoms in total. The zero-order chi connectivity index (χ0) is 15.2. The highest BCUT2D eigenvalue weighted by molar-refractivity contribution is 5.77. The molecule has 21 heavy (non-hydrogen) atoms. The molecule has 1 saturated heterocycles. The van der Waals surface area contributed by atoms with E-state index in [4.69, 9.17) is 9.47 Å². The van der Waals surface area contributed by atoms with Gasteiger partial charge in [-0.15, -0.1) is 0 Å². The maximum Gasteiger partial charge on any atom is 0.248 e. The topological polar surface area (TPSA) is 42.0 Å². The highest BCUT2D eigenvalue weighted by atomic mass is 16.5. The van der Waals surface area contributed by atoms with E-state index in [1.54, 1.807) is 7.11 Å². The van der Waals surface area contributed by atoms with E-state index >= 15 is 0 Å². The Morgan fingerprint density at radius 2 is 1.86 bits per heavy atom. The highest BCUT2D eigenvalue weighted by Gasteiger charge is 2.22. The summed E-state index contributed by atoms with van der Waals surface area (Å²) in [6.07, 6.45) is 0.0869. The lowest BCUT2D eigenvalue weighted by atomic mass is 10.2. The van der Waals surface area contributed by atoms with E-state index in [0.29, 0.717) is 0 Å². The van der Waals surface area contributed by atoms with E-state index < -0.39 is 0 Å². The number of hydrogen-bond acceptors (Lipinski definition) is 4. The number of carbonyl (C=O) groups excluding carboxylic acids is 1. The number of nitrogens with zero attached hydrogens (tertiary/aromatic N) is 2. The van der Waals surface area contributed by atoms with Gasteiger partial charge in [0.25, 0.3) is 0 Å². The van der Waals surface area contributed by atoms with Crippen LogP contribution in [0.4, 0.5) is 5.69 Å². The lowest BCUT2D eigenvalue weighted by Crippen LogP contribution is -2.50. The number of ether oxygens (including phenoxy) is 2. The molecule has 1 aromatic carbocycles. The van der Waals surface area contributed by atoms with Gasteiger partial charge in [-0.3, -0.25) is 4.79 Å². The minimum Gasteiger partial charge on any atom is -0.495 e. The second kappa shape index (κ2) is 7.31. The van der Waals surface area contributed by atoms with Gasteiger partial charge in [-0.05, 0) is 26.0 Å². The normalized spacial score (nSPS) is 15.4. The smallest absolute Gasteiger partial charge is 0.248 e. The fourth-order valence-electron chi connectivity index (χ4n) is 2.42. The molecule has 1 fully saturated rings. The predicted molar refractivity (Wildman–Crippen MR) is 82.9 cm³/mol. The van der Waals surface area contributed by atoms with Crippen LogP contribution in [0.15, 0.2) is 24.3 Å². The Balaban J connectivity index is 1.89. The Morgan fingerprint density at radius 1 is 1.19 bits per heavy atom. The summed E-state index contributed by atoms with van der Waals surface area (Å²) >= 11 is 0. The summed E-state index contributed by atoms with van der Waals surface area (Å²) in [7, 11) is 1.68. The van der Waals surface area contributed by atoms with Crippen molar-refractivity contribution in [3.8, 4) is 5.75 Å². The van der Waals surface area contributed by atoms with E-state index in [9.17, 15) is 4.79 Å². The van der Waals surface area contributed by atoms with Crippen LogP contribution < -0.4 is 9.64 Å². The number of amides is 1. The molecule has 0 saturated carbocycles. The molecule has 5 heteroatoms. The molecule has 0 aliphatic carbocycles. The lowest BCUT2D eigenvalue weighted by molar-refractivity contribution is -0.137. The Morgan fingerprint density at radius 3 is 2.48 bits per heavy atom. The Labute approximate surface area is 126 Å². The fourth-order valence-corrected chi connectivity index (χ4v) is 2.42. The van der Waals surface area contributed by atoms with Crippen molar-refractivity contribution in [3.05, 3.63) is 24.3 Å². The molecule has 0 N–H and O–H groups in total. The summed E-state index contributed by atoms with van der Waals surface area (Å²) in [5.74, 6) is 0.948. The molecule has 0 unspecified atom stereocenters. The zero-order valence-electron chi connectivity index (χ0n) is 13.0. The first kappa shape index (κ1) is 15.6. The van der Waals surface area contributed by atoms with Crippen molar-refractivity contribution in [1.82, 2.24) is 4.90 Å². The second-order valence-electron chi connectivity index (χ2n) is 5.40. The van der Waals surface area contributed by atoms with Gasteiger partial charge in [0, 0.05) is 26.2 Å². The van der Waals surface area contributed by atoms with Crippen molar-refractivity contribution in [1.29, 1.82) is 0 Å². The fraction of sp³-hybridized carbons (Fsp3) is 0.562. The summed E-state index contributed by atoms with van der Waals surface area (Å²) in [6.45, 7) is 7.12. The number of hydrogen-bond donors (Lipinski definition) is 0. The van der Waals surface area contributed by atoms with Crippen molar-refractivity contribution in [2.24, 2.45) is 0 Å². The van der Waals surface area contributed by atoms with Gasteiger partial charge in [0.05, 0.1) is 18.9 Å². The van der Waals surface area contributed by atoms with Gasteiger partial charge in [-0.25, -0.2) is 0 Å². The Hall–Kier alpha value is -1.75. The molecule has 1 amide bonds. The number of piperazine rings is 1. The third-order valence-electron chi connectivity index (χ3n) is 3.60. The van der Waals surface area contributed by atoms with Crippen molar-refractivity contribution < 1.29 is 14.3 Å². The first-order chi connectivity index (χ1) is 10.1. The van der Waals surface area contributed by atoms with Crippen molar-refractivity contribution >= 4 is 11.6 Å². The number of carbonyl (C=O) groups is 1. The summed E-state index contributed by atoms with van der Waals surface area (Å²) < 4.78 is 10.8. The molecule has 1 heterocycles. The minimum atomic E-state index is 0.0726. The average molecular weight is 292 g/mol. The molecular formula is C16H24N2O3. The van der Waals surface area contributed by atoms with Gasteiger partial charge in [0.2, 0.25) is 5.91 Å². The quantitative estimate of drug-likeness (QED) is 0.829. The minimum absolute atomic E-state index is 0.0726. The first-order valence-corrected chi connectivity index (χ1v) is 7.39. The second-order valence-corrected chi connectivity index (χ2v) is 5.40. The maximum atomic E-state index is 12.0. The van der Waals surface area contributed by atoms with E-state index in [1.165, 1.54) is 0 Å². The third-order valence-corrected chi connectivity index (χ3v) is 3.60. The molecule has 2 rings (SSSR count). The largest absolute Gasteiger partial charge is 0.495 e. The SMILES string of the molecule is COc1ccccc1N1CCN(C(=O)COC(C)C)CC1. The zero-order valence-corrected chi connectivity index (χ0v) is 13.0. The molecule has 0 spiro atoms. The Bertz CT molecular complexity index is 468. The van der Waals surface area contributed by atoms with Crippen LogP contribution in [-0.4, -0.2) is 56.8 Å². The van der Waals surface area contributed by atoms with E-state index in [0.717, 1.165) is 37.6 Å². The van der Waals surface area contributed by atoms with Crippen LogP contribution in [0.3, 0.4) is 0 Å². The van der Waals surface area contributed by atoms with Gasteiger partial charge in [-0.2, -0.15) is 0 Å². The number of anilines is 1. The molecule has 116 valence electrons. The van der Waals surface area contributed by atoms with Crippen LogP contribution in [0.5, 0.6) is 5.75 Å². The van der Waals surface area contributed by atoms with Gasteiger partial charge < -0.3 is 19.3 Å². The predicted octanol–water partition coefficient (Wildman–Crippen LogP) is 1.77. The molecule has 1 aliphatic rings. The van der Waals surface area contributed by atoms with Crippen LogP contribution in [0.25, 0.3) is 0 Å². The van der Waals surface area contributed by atoms with Crippen LogP contribution in [0, 0.1) is 0 Å². The molecule has 0 aromatic heterocycles. The Kier molecular flexibility index (Phi) is 5.44. The third kappa shape index (κ3) is 4.11. The van der Waals surface area contributed by atoms with Gasteiger partial charge in [0.15, 0.2) is 0 Å². The van der Waals surface area contributed by atoms with Crippen molar-refractivity contribution in [3.63, 3.8) is 0 Å². The van der Waals surface area contributed by atoms with Crippen molar-refractivity contribution in [2.75, 3.05) is 44.8 Å². The van der Waals surface area contributed by atoms with E-state index in [-0.39, 0.29) is 18.6 Å². The lowest BCUT2D eigenvalue weighted by Gasteiger charge is -2.36. The van der Waals surface area contributed by atoms with Gasteiger partial charge >= 0.3 is 0 Å². The van der Waals surface area contributed by atoms with Crippen LogP contribution >= 0.6 is 0 Å². The van der Waals surface area contributed by atoms with Crippen molar-refractivity contribution in [2.45, 2.75) is 20.0 Å². The number of methoxy groups -OCH3 is 1. The van der Waals surface area contributed by atoms with E-state index in [1.807, 2.05) is 36.9 Å². The standard InChI is InChI=1S/C16H24N2O3/c1-13(2)21-12-16(19)18-10-8-17(9-11-18)14-6-4-5-7-15(14)20-3/h4-7,13H,8-12H2,1-3H3.